The molecule has 2 heterocycles. The Balaban J connectivity index is 1.67. The topological polar surface area (TPSA) is 71.0 Å². The molecule has 0 radical (unpaired) electrons. The second-order valence-corrected chi connectivity index (χ2v) is 10.4. The zero-order valence-corrected chi connectivity index (χ0v) is 22.5. The molecule has 1 amide bonds. The molecule has 0 bridgehead atoms. The van der Waals surface area contributed by atoms with Gasteiger partial charge in [-0.05, 0) is 63.6 Å². The molecule has 188 valence electrons. The van der Waals surface area contributed by atoms with Crippen molar-refractivity contribution in [1.29, 1.82) is 0 Å². The van der Waals surface area contributed by atoms with E-state index in [1.54, 1.807) is 0 Å². The number of allylic oxidation sites excluding steroid dienone is 1. The highest BCUT2D eigenvalue weighted by molar-refractivity contribution is 8.16. The number of carbonyl (C=O) groups is 2. The van der Waals surface area contributed by atoms with E-state index in [1.807, 2.05) is 82.2 Å². The van der Waals surface area contributed by atoms with Crippen LogP contribution in [0.5, 0.6) is 0 Å². The number of hydrogen-bond acceptors (Lipinski definition) is 6. The number of amides is 1. The van der Waals surface area contributed by atoms with Crippen LogP contribution in [-0.2, 0) is 14.3 Å². The Morgan fingerprint density at radius 2 is 1.81 bits per heavy atom. The maximum atomic E-state index is 13.3. The minimum Gasteiger partial charge on any atom is -0.459 e. The van der Waals surface area contributed by atoms with Gasteiger partial charge < -0.3 is 15.0 Å². The highest BCUT2D eigenvalue weighted by atomic mass is 32.2. The van der Waals surface area contributed by atoms with Gasteiger partial charge in [-0.25, -0.2) is 9.79 Å². The van der Waals surface area contributed by atoms with Crippen LogP contribution in [0, 0.1) is 13.8 Å². The Morgan fingerprint density at radius 3 is 2.50 bits per heavy atom. The van der Waals surface area contributed by atoms with Crippen molar-refractivity contribution in [2.45, 2.75) is 66.2 Å². The second-order valence-electron chi connectivity index (χ2n) is 9.58. The Bertz CT molecular complexity index is 1260. The van der Waals surface area contributed by atoms with Crippen molar-refractivity contribution in [3.05, 3.63) is 93.2 Å². The van der Waals surface area contributed by atoms with Gasteiger partial charge in [0, 0.05) is 5.70 Å². The zero-order valence-electron chi connectivity index (χ0n) is 21.7. The van der Waals surface area contributed by atoms with E-state index in [0.717, 1.165) is 33.1 Å². The molecule has 2 aromatic rings. The molecule has 0 saturated heterocycles. The van der Waals surface area contributed by atoms with Crippen LogP contribution >= 0.6 is 11.8 Å². The van der Waals surface area contributed by atoms with E-state index in [9.17, 15) is 9.59 Å². The van der Waals surface area contributed by atoms with Crippen LogP contribution in [0.15, 0.2) is 75.9 Å². The van der Waals surface area contributed by atoms with Crippen molar-refractivity contribution in [1.82, 2.24) is 10.2 Å². The number of nitrogens with one attached hydrogen (secondary N) is 1. The van der Waals surface area contributed by atoms with E-state index >= 15 is 0 Å². The number of aliphatic imine (C=N–C) groups is 1. The molecule has 2 atom stereocenters. The lowest BCUT2D eigenvalue weighted by molar-refractivity contribution is -0.143. The molecular weight excluding hydrogens is 470 g/mol. The summed E-state index contributed by atoms with van der Waals surface area (Å²) in [6, 6.07) is 15.6. The van der Waals surface area contributed by atoms with Crippen LogP contribution in [0.4, 0.5) is 0 Å². The number of esters is 1. The van der Waals surface area contributed by atoms with E-state index in [2.05, 4.69) is 23.5 Å². The summed E-state index contributed by atoms with van der Waals surface area (Å²) in [4.78, 5) is 33.2. The molecule has 2 aromatic carbocycles. The van der Waals surface area contributed by atoms with Crippen molar-refractivity contribution in [2.75, 3.05) is 0 Å². The van der Waals surface area contributed by atoms with Crippen LogP contribution in [0.2, 0.25) is 0 Å². The molecule has 1 N–H and O–H groups in total. The van der Waals surface area contributed by atoms with Crippen molar-refractivity contribution < 1.29 is 14.3 Å². The van der Waals surface area contributed by atoms with Crippen LogP contribution in [-0.4, -0.2) is 28.0 Å². The van der Waals surface area contributed by atoms with Crippen LogP contribution < -0.4 is 5.32 Å². The first-order valence-corrected chi connectivity index (χ1v) is 13.1. The SMILES string of the molecule is CC1=C(C(=O)OC(C)C)[C@@H](c2cc(C)ccc2C)N2C(CC(=O)N[C@H](C)c3ccccc3)=CSC2=N1. The fourth-order valence-corrected chi connectivity index (χ4v) is 5.50. The number of hydrogen-bond donors (Lipinski definition) is 1. The lowest BCUT2D eigenvalue weighted by atomic mass is 9.90. The van der Waals surface area contributed by atoms with E-state index in [0.29, 0.717) is 11.3 Å². The Kier molecular flexibility index (Phi) is 7.69. The minimum atomic E-state index is -0.427. The molecule has 4 rings (SSSR count). The summed E-state index contributed by atoms with van der Waals surface area (Å²) >= 11 is 1.48. The van der Waals surface area contributed by atoms with Gasteiger partial charge in [-0.3, -0.25) is 4.79 Å². The molecule has 0 aromatic heterocycles. The van der Waals surface area contributed by atoms with Crippen LogP contribution in [0.1, 0.15) is 68.5 Å². The van der Waals surface area contributed by atoms with E-state index in [1.165, 1.54) is 11.8 Å². The fourth-order valence-electron chi connectivity index (χ4n) is 4.54. The third-order valence-corrected chi connectivity index (χ3v) is 7.20. The molecule has 0 fully saturated rings. The van der Waals surface area contributed by atoms with Gasteiger partial charge in [-0.2, -0.15) is 0 Å². The molecule has 0 spiro atoms. The molecule has 0 saturated carbocycles. The fraction of sp³-hybridized carbons (Fsp3) is 0.345. The van der Waals surface area contributed by atoms with Crippen molar-refractivity contribution in [2.24, 2.45) is 4.99 Å². The van der Waals surface area contributed by atoms with Gasteiger partial charge in [-0.15, -0.1) is 0 Å². The maximum absolute atomic E-state index is 13.3. The Labute approximate surface area is 217 Å². The van der Waals surface area contributed by atoms with Crippen molar-refractivity contribution >= 4 is 28.8 Å². The number of ether oxygens (including phenoxy) is 1. The summed E-state index contributed by atoms with van der Waals surface area (Å²) in [6.45, 7) is 11.6. The number of nitrogens with zero attached hydrogens (tertiary/aromatic N) is 2. The molecule has 36 heavy (non-hydrogen) atoms. The van der Waals surface area contributed by atoms with Crippen molar-refractivity contribution in [3.8, 4) is 0 Å². The molecule has 2 aliphatic rings. The number of aryl methyl sites for hydroxylation is 2. The summed E-state index contributed by atoms with van der Waals surface area (Å²) in [5.74, 6) is -0.466. The highest BCUT2D eigenvalue weighted by Crippen LogP contribution is 2.45. The maximum Gasteiger partial charge on any atom is 0.338 e. The summed E-state index contributed by atoms with van der Waals surface area (Å²) in [6.07, 6.45) is -0.0773. The molecule has 6 nitrogen and oxygen atoms in total. The Hall–Kier alpha value is -3.32. The summed E-state index contributed by atoms with van der Waals surface area (Å²) < 4.78 is 5.65. The number of rotatable bonds is 7. The smallest absolute Gasteiger partial charge is 0.338 e. The monoisotopic (exact) mass is 503 g/mol. The number of benzene rings is 2. The molecule has 0 unspecified atom stereocenters. The van der Waals surface area contributed by atoms with Crippen LogP contribution in [0.3, 0.4) is 0 Å². The normalized spacial score (nSPS) is 18.0. The van der Waals surface area contributed by atoms with Crippen LogP contribution in [0.25, 0.3) is 0 Å². The summed E-state index contributed by atoms with van der Waals surface area (Å²) in [7, 11) is 0. The third kappa shape index (κ3) is 5.41. The number of carbonyl (C=O) groups excluding carboxylic acids is 2. The van der Waals surface area contributed by atoms with E-state index in [4.69, 9.17) is 9.73 Å². The molecular formula is C29H33N3O3S. The standard InChI is InChI=1S/C29H33N3O3S/c1-17(2)35-28(34)26-21(6)31-29-32(27(26)24-14-18(3)12-13-19(24)4)23(16-36-29)15-25(33)30-20(5)22-10-8-7-9-11-22/h7-14,16-17,20,27H,15H2,1-6H3,(H,30,33)/t20-,27-/m1/s1. The highest BCUT2D eigenvalue weighted by Gasteiger charge is 2.42. The average molecular weight is 504 g/mol. The average Bonchev–Trinajstić information content (AvgIpc) is 3.21. The Morgan fingerprint density at radius 1 is 1.08 bits per heavy atom. The largest absolute Gasteiger partial charge is 0.459 e. The molecule has 7 heteroatoms. The second kappa shape index (κ2) is 10.7. The lowest BCUT2D eigenvalue weighted by Crippen LogP contribution is -2.39. The zero-order chi connectivity index (χ0) is 26.0. The van der Waals surface area contributed by atoms with Gasteiger partial charge in [0.15, 0.2) is 5.17 Å². The first kappa shape index (κ1) is 25.8. The predicted octanol–water partition coefficient (Wildman–Crippen LogP) is 6.10. The quantitative estimate of drug-likeness (QED) is 0.463. The minimum absolute atomic E-state index is 0.0863. The van der Waals surface area contributed by atoms with Gasteiger partial charge in [0.05, 0.1) is 35.9 Å². The van der Waals surface area contributed by atoms with Gasteiger partial charge in [0.25, 0.3) is 0 Å². The first-order valence-electron chi connectivity index (χ1n) is 12.2. The third-order valence-electron chi connectivity index (χ3n) is 6.31. The van der Waals surface area contributed by atoms with Crippen molar-refractivity contribution in [3.63, 3.8) is 0 Å². The number of thioether (sulfide) groups is 1. The van der Waals surface area contributed by atoms with E-state index < -0.39 is 6.04 Å². The number of amidine groups is 1. The summed E-state index contributed by atoms with van der Waals surface area (Å²) in [5.41, 5.74) is 6.17. The van der Waals surface area contributed by atoms with Gasteiger partial charge in [-0.1, -0.05) is 65.9 Å². The summed E-state index contributed by atoms with van der Waals surface area (Å²) in [5, 5.41) is 5.83. The van der Waals surface area contributed by atoms with Gasteiger partial charge in [0.1, 0.15) is 0 Å². The molecule has 0 aliphatic carbocycles. The number of fused-ring (bicyclic) bond motifs is 1. The van der Waals surface area contributed by atoms with Gasteiger partial charge >= 0.3 is 5.97 Å². The van der Waals surface area contributed by atoms with E-state index in [-0.39, 0.29) is 30.4 Å². The lowest BCUT2D eigenvalue weighted by Gasteiger charge is -2.37. The predicted molar refractivity (Wildman–Crippen MR) is 145 cm³/mol. The first-order chi connectivity index (χ1) is 17.2. The molecule has 2 aliphatic heterocycles. The van der Waals surface area contributed by atoms with Gasteiger partial charge in [0.2, 0.25) is 5.91 Å².